The molecule has 0 radical (unpaired) electrons. The van der Waals surface area contributed by atoms with Crippen molar-refractivity contribution < 1.29 is 19.0 Å². The number of hydrogen-bond donors (Lipinski definition) is 2. The zero-order chi connectivity index (χ0) is 21.2. The van der Waals surface area contributed by atoms with E-state index in [4.69, 9.17) is 22.4 Å². The predicted octanol–water partition coefficient (Wildman–Crippen LogP) is 3.33. The number of nitrogens with two attached hydrogens (primary N) is 1. The Morgan fingerprint density at radius 1 is 1.33 bits per heavy atom. The number of anilines is 1. The highest BCUT2D eigenvalue weighted by Gasteiger charge is 2.41. The maximum absolute atomic E-state index is 13.9. The Labute approximate surface area is 176 Å². The van der Waals surface area contributed by atoms with Crippen LogP contribution in [0.15, 0.2) is 35.3 Å². The lowest BCUT2D eigenvalue weighted by molar-refractivity contribution is 0.143. The van der Waals surface area contributed by atoms with Crippen LogP contribution in [0.25, 0.3) is 10.9 Å². The van der Waals surface area contributed by atoms with Gasteiger partial charge in [-0.15, -0.1) is 0 Å². The van der Waals surface area contributed by atoms with Crippen LogP contribution in [0.4, 0.5) is 14.9 Å². The third-order valence-corrected chi connectivity index (χ3v) is 6.81. The van der Waals surface area contributed by atoms with Gasteiger partial charge >= 0.3 is 6.16 Å². The van der Waals surface area contributed by atoms with Crippen molar-refractivity contribution in [1.29, 1.82) is 0 Å². The second kappa shape index (κ2) is 6.99. The molecule has 2 aromatic rings. The van der Waals surface area contributed by atoms with E-state index in [-0.39, 0.29) is 23.6 Å². The van der Waals surface area contributed by atoms with E-state index in [9.17, 15) is 14.0 Å². The van der Waals surface area contributed by atoms with Crippen molar-refractivity contribution in [2.45, 2.75) is 31.1 Å². The van der Waals surface area contributed by atoms with Crippen molar-refractivity contribution in [3.63, 3.8) is 0 Å². The van der Waals surface area contributed by atoms with Gasteiger partial charge in [-0.05, 0) is 30.4 Å². The fraction of sp³-hybridized carbons (Fsp3) is 0.429. The minimum atomic E-state index is -1.60. The van der Waals surface area contributed by atoms with Crippen molar-refractivity contribution in [3.05, 3.63) is 45.7 Å². The Kier molecular flexibility index (Phi) is 4.52. The lowest BCUT2D eigenvalue weighted by Crippen LogP contribution is -2.35. The van der Waals surface area contributed by atoms with Crippen molar-refractivity contribution in [3.8, 4) is 5.75 Å². The SMILES string of the molecule is NC1C=CCC2CN(c3ccc4c(=O)c(OC(=O)O)cn([C@@H]5C[C@H]5F)c4c3Cl)CC12. The van der Waals surface area contributed by atoms with E-state index in [1.807, 2.05) is 6.08 Å². The summed E-state index contributed by atoms with van der Waals surface area (Å²) in [5.41, 5.74) is 6.84. The van der Waals surface area contributed by atoms with Gasteiger partial charge in [0.15, 0.2) is 5.75 Å². The Hall–Kier alpha value is -2.58. The second-order valence-electron chi connectivity index (χ2n) is 8.28. The lowest BCUT2D eigenvalue weighted by atomic mass is 9.83. The molecule has 1 aromatic carbocycles. The number of aromatic nitrogens is 1. The van der Waals surface area contributed by atoms with E-state index in [2.05, 4.69) is 15.7 Å². The van der Waals surface area contributed by atoms with Crippen LogP contribution in [-0.4, -0.2) is 41.1 Å². The molecule has 7 nitrogen and oxygen atoms in total. The first kappa shape index (κ1) is 19.4. The van der Waals surface area contributed by atoms with Gasteiger partial charge in [0.2, 0.25) is 5.43 Å². The number of carbonyl (C=O) groups is 1. The number of hydrogen-bond acceptors (Lipinski definition) is 5. The topological polar surface area (TPSA) is 97.8 Å². The first-order chi connectivity index (χ1) is 14.3. The van der Waals surface area contributed by atoms with Crippen LogP contribution >= 0.6 is 11.6 Å². The van der Waals surface area contributed by atoms with Gasteiger partial charge in [-0.2, -0.15) is 0 Å². The normalized spacial score (nSPS) is 29.8. The first-order valence-corrected chi connectivity index (χ1v) is 10.3. The van der Waals surface area contributed by atoms with Gasteiger partial charge in [-0.25, -0.2) is 9.18 Å². The monoisotopic (exact) mass is 433 g/mol. The van der Waals surface area contributed by atoms with E-state index >= 15 is 0 Å². The van der Waals surface area contributed by atoms with Crippen molar-refractivity contribution in [2.24, 2.45) is 17.6 Å². The standard InChI is InChI=1S/C21H21ClFN3O4/c22-18-15(25-7-10-2-1-3-14(24)12(10)8-25)5-4-11-19(18)26(16-6-13(16)23)9-17(20(11)27)30-21(28)29/h1,3-5,9-10,12-14,16H,2,6-8,24H2,(H,28,29)/t10?,12?,13-,14?,16-/m1/s1. The van der Waals surface area contributed by atoms with Crippen LogP contribution in [0.2, 0.25) is 5.02 Å². The molecule has 30 heavy (non-hydrogen) atoms. The molecule has 3 aliphatic rings. The molecule has 1 saturated carbocycles. The third-order valence-electron chi connectivity index (χ3n) is 6.44. The van der Waals surface area contributed by atoms with Crippen LogP contribution in [-0.2, 0) is 0 Å². The molecule has 3 N–H and O–H groups in total. The average Bonchev–Trinajstić information content (AvgIpc) is 3.25. The summed E-state index contributed by atoms with van der Waals surface area (Å²) >= 11 is 6.78. The predicted molar refractivity (Wildman–Crippen MR) is 111 cm³/mol. The van der Waals surface area contributed by atoms with Gasteiger partial charge in [-0.3, -0.25) is 4.79 Å². The summed E-state index contributed by atoms with van der Waals surface area (Å²) in [5, 5.41) is 9.49. The number of ether oxygens (including phenoxy) is 1. The Morgan fingerprint density at radius 3 is 2.77 bits per heavy atom. The quantitative estimate of drug-likeness (QED) is 0.569. The highest BCUT2D eigenvalue weighted by atomic mass is 35.5. The van der Waals surface area contributed by atoms with E-state index in [0.717, 1.165) is 25.2 Å². The minimum Gasteiger partial charge on any atom is -0.449 e. The van der Waals surface area contributed by atoms with E-state index in [1.54, 1.807) is 16.7 Å². The van der Waals surface area contributed by atoms with Gasteiger partial charge in [0.1, 0.15) is 6.17 Å². The third kappa shape index (κ3) is 3.06. The summed E-state index contributed by atoms with van der Waals surface area (Å²) in [6, 6.07) is 2.87. The Morgan fingerprint density at radius 2 is 2.10 bits per heavy atom. The smallest absolute Gasteiger partial charge is 0.449 e. The molecular weight excluding hydrogens is 413 g/mol. The number of benzene rings is 1. The molecule has 0 amide bonds. The number of pyridine rings is 1. The van der Waals surface area contributed by atoms with Crippen molar-refractivity contribution >= 4 is 34.3 Å². The lowest BCUT2D eigenvalue weighted by Gasteiger charge is -2.25. The van der Waals surface area contributed by atoms with Gasteiger partial charge in [0.05, 0.1) is 33.9 Å². The summed E-state index contributed by atoms with van der Waals surface area (Å²) in [4.78, 5) is 25.9. The number of rotatable bonds is 3. The number of carboxylic acid groups (broad SMARTS) is 1. The Bertz CT molecular complexity index is 1130. The van der Waals surface area contributed by atoms with Crippen LogP contribution in [0, 0.1) is 11.8 Å². The Balaban J connectivity index is 1.62. The molecule has 2 fully saturated rings. The second-order valence-corrected chi connectivity index (χ2v) is 8.66. The van der Waals surface area contributed by atoms with Gasteiger partial charge in [0, 0.05) is 25.6 Å². The maximum Gasteiger partial charge on any atom is 0.511 e. The molecule has 5 atom stereocenters. The molecule has 1 aromatic heterocycles. The molecule has 0 spiro atoms. The molecule has 158 valence electrons. The largest absolute Gasteiger partial charge is 0.511 e. The van der Waals surface area contributed by atoms with E-state index < -0.39 is 23.8 Å². The highest BCUT2D eigenvalue weighted by molar-refractivity contribution is 6.38. The van der Waals surface area contributed by atoms with Gasteiger partial charge in [-0.1, -0.05) is 23.8 Å². The molecule has 1 saturated heterocycles. The van der Waals surface area contributed by atoms with Gasteiger partial charge in [0.25, 0.3) is 0 Å². The molecular formula is C21H21ClFN3O4. The number of fused-ring (bicyclic) bond motifs is 2. The van der Waals surface area contributed by atoms with Crippen molar-refractivity contribution in [1.82, 2.24) is 4.57 Å². The summed E-state index contributed by atoms with van der Waals surface area (Å²) in [6.45, 7) is 1.55. The number of alkyl halides is 1. The fourth-order valence-electron chi connectivity index (χ4n) is 4.82. The number of nitrogens with zero attached hydrogens (tertiary/aromatic N) is 2. The zero-order valence-corrected chi connectivity index (χ0v) is 16.8. The van der Waals surface area contributed by atoms with Crippen LogP contribution in [0.5, 0.6) is 5.75 Å². The summed E-state index contributed by atoms with van der Waals surface area (Å²) < 4.78 is 20.1. The number of halogens is 2. The van der Waals surface area contributed by atoms with Crippen LogP contribution < -0.4 is 20.8 Å². The zero-order valence-electron chi connectivity index (χ0n) is 16.0. The first-order valence-electron chi connectivity index (χ1n) is 9.94. The minimum absolute atomic E-state index is 0.000600. The fourth-order valence-corrected chi connectivity index (χ4v) is 5.20. The van der Waals surface area contributed by atoms with Gasteiger partial charge < -0.3 is 25.0 Å². The maximum atomic E-state index is 13.9. The molecule has 5 rings (SSSR count). The highest BCUT2D eigenvalue weighted by Crippen LogP contribution is 2.45. The summed E-state index contributed by atoms with van der Waals surface area (Å²) in [5.74, 6) is 0.403. The molecule has 1 aliphatic heterocycles. The van der Waals surface area contributed by atoms with E-state index in [0.29, 0.717) is 22.4 Å². The van der Waals surface area contributed by atoms with Crippen LogP contribution in [0.1, 0.15) is 18.9 Å². The molecule has 2 aliphatic carbocycles. The average molecular weight is 434 g/mol. The molecule has 3 unspecified atom stereocenters. The molecule has 9 heteroatoms. The van der Waals surface area contributed by atoms with Crippen LogP contribution in [0.3, 0.4) is 0 Å². The summed E-state index contributed by atoms with van der Waals surface area (Å²) in [7, 11) is 0. The molecule has 0 bridgehead atoms. The number of allylic oxidation sites excluding steroid dienone is 1. The summed E-state index contributed by atoms with van der Waals surface area (Å²) in [6.07, 6.45) is 3.98. The van der Waals surface area contributed by atoms with E-state index in [1.165, 1.54) is 6.20 Å². The molecule has 2 heterocycles. The van der Waals surface area contributed by atoms with Crippen molar-refractivity contribution in [2.75, 3.05) is 18.0 Å².